The number of hydrogen-bond donors (Lipinski definition) is 5. The van der Waals surface area contributed by atoms with Crippen LogP contribution in [-0.4, -0.2) is 64.7 Å². The van der Waals surface area contributed by atoms with E-state index < -0.39 is 18.3 Å². The Morgan fingerprint density at radius 3 is 2.31 bits per heavy atom. The van der Waals surface area contributed by atoms with Crippen molar-refractivity contribution in [3.8, 4) is 0 Å². The molecule has 0 saturated heterocycles. The Bertz CT molecular complexity index is 1440. The number of aliphatic hydroxyl groups excluding tert-OH is 1. The molecule has 51 heavy (non-hydrogen) atoms. The number of Topliss-reactive ketones (excluding diaryl/α,β-unsaturated/α-hetero) is 2. The molecule has 5 fully saturated rings. The van der Waals surface area contributed by atoms with Crippen molar-refractivity contribution in [1.82, 2.24) is 10.6 Å². The fourth-order valence-electron chi connectivity index (χ4n) is 14.0. The van der Waals surface area contributed by atoms with Crippen LogP contribution in [0.3, 0.4) is 0 Å². The van der Waals surface area contributed by atoms with E-state index in [-0.39, 0.29) is 57.7 Å². The molecule has 9 heteroatoms. The highest BCUT2D eigenvalue weighted by molar-refractivity contribution is 6.00. The predicted octanol–water partition coefficient (Wildman–Crippen LogP) is 5.92. The zero-order valence-electron chi connectivity index (χ0n) is 32.4. The van der Waals surface area contributed by atoms with Crippen molar-refractivity contribution in [2.24, 2.45) is 74.9 Å². The van der Waals surface area contributed by atoms with Gasteiger partial charge in [-0.1, -0.05) is 54.0 Å². The monoisotopic (exact) mass is 710 g/mol. The van der Waals surface area contributed by atoms with Gasteiger partial charge in [-0.3, -0.25) is 19.2 Å². The average molecular weight is 711 g/mol. The molecule has 0 aliphatic heterocycles. The minimum Gasteiger partial charge on any atom is -0.481 e. The number of aliphatic carboxylic acids is 1. The first kappa shape index (κ1) is 38.6. The second kappa shape index (κ2) is 13.6. The minimum atomic E-state index is -1.71. The van der Waals surface area contributed by atoms with Crippen molar-refractivity contribution in [3.05, 3.63) is 11.1 Å². The van der Waals surface area contributed by atoms with Gasteiger partial charge in [-0.05, 0) is 134 Å². The third-order valence-corrected chi connectivity index (χ3v) is 16.7. The molecule has 286 valence electrons. The Hall–Kier alpha value is -2.10. The maximum absolute atomic E-state index is 13.8. The number of carbonyl (C=O) groups is 4. The van der Waals surface area contributed by atoms with Crippen LogP contribution >= 0.6 is 0 Å². The summed E-state index contributed by atoms with van der Waals surface area (Å²) in [7, 11) is 0. The van der Waals surface area contributed by atoms with Crippen LogP contribution in [0.5, 0.6) is 0 Å². The van der Waals surface area contributed by atoms with Crippen molar-refractivity contribution < 1.29 is 34.5 Å². The first-order chi connectivity index (χ1) is 23.9. The largest absolute Gasteiger partial charge is 0.481 e. The van der Waals surface area contributed by atoms with Crippen LogP contribution in [0.15, 0.2) is 11.1 Å². The Kier molecular flexibility index (Phi) is 10.3. The molecule has 0 radical (unpaired) electrons. The molecule has 1 amide bonds. The summed E-state index contributed by atoms with van der Waals surface area (Å²) in [5, 5.41) is 35.2. The van der Waals surface area contributed by atoms with Gasteiger partial charge in [0, 0.05) is 30.7 Å². The SMILES string of the molecule is CC(C)C1=C2C3CCC4C(C)(CCC5C(C)(C)C(CC(=O)C6CC(C(=O)O)C6C)CCC54C)C3CCC2(CCNCC(O)(CO)NC=O)CC1=O. The van der Waals surface area contributed by atoms with Gasteiger partial charge in [0.2, 0.25) is 6.41 Å². The number of carboxylic acids is 1. The van der Waals surface area contributed by atoms with Crippen molar-refractivity contribution in [1.29, 1.82) is 0 Å². The number of amides is 1. The van der Waals surface area contributed by atoms with Crippen LogP contribution in [-0.2, 0) is 19.2 Å². The normalized spacial score (nSPS) is 42.5. The fourth-order valence-corrected chi connectivity index (χ4v) is 14.0. The third-order valence-electron chi connectivity index (χ3n) is 16.7. The number of aliphatic hydroxyl groups is 2. The molecule has 9 nitrogen and oxygen atoms in total. The van der Waals surface area contributed by atoms with E-state index in [0.717, 1.165) is 50.5 Å². The highest BCUT2D eigenvalue weighted by Gasteiger charge is 2.66. The maximum atomic E-state index is 13.8. The molecule has 6 rings (SSSR count). The quantitative estimate of drug-likeness (QED) is 0.0898. The Balaban J connectivity index is 1.20. The lowest BCUT2D eigenvalue weighted by Gasteiger charge is -2.69. The topological polar surface area (TPSA) is 153 Å². The average Bonchev–Trinajstić information content (AvgIpc) is 3.36. The van der Waals surface area contributed by atoms with Gasteiger partial charge in [0.15, 0.2) is 11.5 Å². The van der Waals surface area contributed by atoms with Crippen molar-refractivity contribution in [2.75, 3.05) is 19.7 Å². The second-order valence-electron chi connectivity index (χ2n) is 19.6. The van der Waals surface area contributed by atoms with Crippen LogP contribution in [0.4, 0.5) is 0 Å². The predicted molar refractivity (Wildman–Crippen MR) is 195 cm³/mol. The van der Waals surface area contributed by atoms with E-state index in [9.17, 15) is 34.5 Å². The van der Waals surface area contributed by atoms with Crippen molar-refractivity contribution in [2.45, 2.75) is 131 Å². The number of allylic oxidation sites excluding steroid dienone is 2. The van der Waals surface area contributed by atoms with E-state index in [1.807, 2.05) is 6.92 Å². The summed E-state index contributed by atoms with van der Waals surface area (Å²) in [5.74, 6) is 1.84. The number of hydrogen-bond acceptors (Lipinski definition) is 7. The van der Waals surface area contributed by atoms with E-state index in [4.69, 9.17) is 0 Å². The van der Waals surface area contributed by atoms with Crippen LogP contribution in [0.25, 0.3) is 0 Å². The van der Waals surface area contributed by atoms with Gasteiger partial charge < -0.3 is 26.0 Å². The summed E-state index contributed by atoms with van der Waals surface area (Å²) >= 11 is 0. The van der Waals surface area contributed by atoms with E-state index in [1.54, 1.807) is 0 Å². The molecule has 0 spiro atoms. The molecule has 0 aromatic heterocycles. The molecule has 12 unspecified atom stereocenters. The summed E-state index contributed by atoms with van der Waals surface area (Å²) in [4.78, 5) is 49.9. The zero-order chi connectivity index (χ0) is 37.3. The fraction of sp³-hybridized carbons (Fsp3) is 0.857. The highest BCUT2D eigenvalue weighted by atomic mass is 16.4. The molecular formula is C42H66N2O7. The van der Waals surface area contributed by atoms with Gasteiger partial charge in [0.1, 0.15) is 5.78 Å². The molecule has 0 bridgehead atoms. The van der Waals surface area contributed by atoms with Crippen molar-refractivity contribution >= 4 is 23.9 Å². The zero-order valence-corrected chi connectivity index (χ0v) is 32.4. The molecule has 6 aliphatic carbocycles. The number of nitrogens with one attached hydrogen (secondary N) is 2. The molecule has 5 saturated carbocycles. The van der Waals surface area contributed by atoms with Crippen LogP contribution in [0.1, 0.15) is 126 Å². The Labute approximate surface area is 305 Å². The van der Waals surface area contributed by atoms with Gasteiger partial charge >= 0.3 is 5.97 Å². The van der Waals surface area contributed by atoms with Crippen molar-refractivity contribution in [3.63, 3.8) is 0 Å². The summed E-state index contributed by atoms with van der Waals surface area (Å²) in [6.45, 7) is 16.3. The molecule has 0 heterocycles. The van der Waals surface area contributed by atoms with E-state index in [0.29, 0.717) is 67.6 Å². The summed E-state index contributed by atoms with van der Waals surface area (Å²) in [6.07, 6.45) is 11.8. The van der Waals surface area contributed by atoms with Crippen LogP contribution in [0.2, 0.25) is 0 Å². The van der Waals surface area contributed by atoms with Gasteiger partial charge in [-0.25, -0.2) is 0 Å². The van der Waals surface area contributed by atoms with Gasteiger partial charge in [-0.15, -0.1) is 0 Å². The number of fused-ring (bicyclic) bond motifs is 7. The number of carboxylic acid groups (broad SMARTS) is 1. The van der Waals surface area contributed by atoms with Gasteiger partial charge in [0.05, 0.1) is 12.5 Å². The van der Waals surface area contributed by atoms with Gasteiger partial charge in [0.25, 0.3) is 0 Å². The third kappa shape index (κ3) is 6.17. The molecular weight excluding hydrogens is 644 g/mol. The lowest BCUT2D eigenvalue weighted by atomic mass is 9.35. The minimum absolute atomic E-state index is 0.0311. The molecule has 0 aromatic carbocycles. The second-order valence-corrected chi connectivity index (χ2v) is 19.6. The summed E-state index contributed by atoms with van der Waals surface area (Å²) in [6, 6.07) is 0. The molecule has 5 N–H and O–H groups in total. The van der Waals surface area contributed by atoms with E-state index in [2.05, 4.69) is 52.2 Å². The van der Waals surface area contributed by atoms with E-state index in [1.165, 1.54) is 18.4 Å². The molecule has 6 aliphatic rings. The molecule has 12 atom stereocenters. The highest BCUT2D eigenvalue weighted by Crippen LogP contribution is 2.74. The van der Waals surface area contributed by atoms with Crippen LogP contribution < -0.4 is 10.6 Å². The Morgan fingerprint density at radius 1 is 0.980 bits per heavy atom. The summed E-state index contributed by atoms with van der Waals surface area (Å²) < 4.78 is 0. The number of rotatable bonds is 13. The first-order valence-electron chi connectivity index (χ1n) is 20.2. The summed E-state index contributed by atoms with van der Waals surface area (Å²) in [5.41, 5.74) is 1.02. The number of carbonyl (C=O) groups excluding carboxylic acids is 3. The maximum Gasteiger partial charge on any atom is 0.306 e. The standard InChI is InChI=1S/C42H66N2O7/c1-24(2)35-32(48)20-41(16-17-43-21-42(51,22-45)44-23-46)15-11-30-27(36(35)41)8-9-34-39(30,6)14-12-33-38(4,5)26(10-13-40(33,34)7)18-31(47)28-19-29(25(28)3)37(49)50/h23-30,33-34,43,45,51H,8-22H2,1-7H3,(H,44,46)(H,49,50). The number of ketones is 2. The van der Waals surface area contributed by atoms with Crippen LogP contribution in [0, 0.1) is 74.9 Å². The lowest BCUT2D eigenvalue weighted by molar-refractivity contribution is -0.193. The molecule has 0 aromatic rings. The Morgan fingerprint density at radius 2 is 1.69 bits per heavy atom. The van der Waals surface area contributed by atoms with E-state index >= 15 is 0 Å². The smallest absolute Gasteiger partial charge is 0.306 e. The van der Waals surface area contributed by atoms with Gasteiger partial charge in [-0.2, -0.15) is 0 Å². The first-order valence-corrected chi connectivity index (χ1v) is 20.2. The lowest BCUT2D eigenvalue weighted by Crippen LogP contribution is -2.62.